The highest BCUT2D eigenvalue weighted by Gasteiger charge is 2.03. The van der Waals surface area contributed by atoms with Gasteiger partial charge in [0.2, 0.25) is 0 Å². The van der Waals surface area contributed by atoms with Crippen LogP contribution in [0.2, 0.25) is 0 Å². The number of halogens is 1. The van der Waals surface area contributed by atoms with Crippen molar-refractivity contribution < 1.29 is 4.74 Å². The van der Waals surface area contributed by atoms with Gasteiger partial charge in [-0.15, -0.1) is 0 Å². The lowest BCUT2D eigenvalue weighted by Gasteiger charge is -2.10. The first-order chi connectivity index (χ1) is 5.65. The molecule has 0 saturated carbocycles. The zero-order chi connectivity index (χ0) is 9.14. The second kappa shape index (κ2) is 3.94. The topological polar surface area (TPSA) is 9.23 Å². The molecule has 0 saturated heterocycles. The summed E-state index contributed by atoms with van der Waals surface area (Å²) in [6.45, 7) is 8.19. The van der Waals surface area contributed by atoms with E-state index in [4.69, 9.17) is 4.74 Å². The lowest BCUT2D eigenvalue weighted by Crippen LogP contribution is -1.96. The molecule has 0 heterocycles. The molecule has 2 heteroatoms. The molecule has 0 fully saturated rings. The summed E-state index contributed by atoms with van der Waals surface area (Å²) < 4.78 is 6.48. The van der Waals surface area contributed by atoms with Gasteiger partial charge in [-0.1, -0.05) is 15.9 Å². The number of benzene rings is 1. The maximum atomic E-state index is 5.39. The van der Waals surface area contributed by atoms with E-state index in [1.807, 2.05) is 26.0 Å². The molecule has 0 aliphatic heterocycles. The van der Waals surface area contributed by atoms with Crippen molar-refractivity contribution in [2.45, 2.75) is 13.8 Å². The summed E-state index contributed by atoms with van der Waals surface area (Å²) in [5.41, 5.74) is 2.29. The molecule has 0 N–H and O–H groups in total. The fourth-order valence-corrected chi connectivity index (χ4v) is 1.91. The van der Waals surface area contributed by atoms with Crippen LogP contribution < -0.4 is 4.74 Å². The Labute approximate surface area is 81.9 Å². The van der Waals surface area contributed by atoms with Gasteiger partial charge >= 0.3 is 0 Å². The average molecular weight is 228 g/mol. The van der Waals surface area contributed by atoms with Gasteiger partial charge in [-0.25, -0.2) is 0 Å². The molecule has 0 atom stereocenters. The molecule has 0 amide bonds. The van der Waals surface area contributed by atoms with Crippen molar-refractivity contribution in [3.63, 3.8) is 0 Å². The molecule has 1 rings (SSSR count). The molecule has 1 aromatic carbocycles. The lowest BCUT2D eigenvalue weighted by molar-refractivity contribution is 0.356. The molecule has 0 spiro atoms. The van der Waals surface area contributed by atoms with Crippen LogP contribution in [0, 0.1) is 20.8 Å². The highest BCUT2D eigenvalue weighted by Crippen LogP contribution is 2.26. The number of aryl methyl sites for hydroxylation is 2. The van der Waals surface area contributed by atoms with Gasteiger partial charge in [0, 0.05) is 4.47 Å². The zero-order valence-electron chi connectivity index (χ0n) is 7.36. The van der Waals surface area contributed by atoms with E-state index in [0.29, 0.717) is 6.61 Å². The summed E-state index contributed by atoms with van der Waals surface area (Å²) in [6.07, 6.45) is 0. The summed E-state index contributed by atoms with van der Waals surface area (Å²) >= 11 is 3.43. The highest BCUT2D eigenvalue weighted by molar-refractivity contribution is 9.10. The van der Waals surface area contributed by atoms with Gasteiger partial charge in [-0.3, -0.25) is 0 Å². The molecule has 12 heavy (non-hydrogen) atoms. The molecule has 0 aliphatic carbocycles. The summed E-state index contributed by atoms with van der Waals surface area (Å²) in [4.78, 5) is 0. The van der Waals surface area contributed by atoms with Crippen LogP contribution in [0.25, 0.3) is 0 Å². The first kappa shape index (κ1) is 9.59. The SMILES string of the molecule is [CH2]COc1c(C)cc(Br)cc1C. The first-order valence-corrected chi connectivity index (χ1v) is 4.63. The Morgan fingerprint density at radius 2 is 1.83 bits per heavy atom. The van der Waals surface area contributed by atoms with Gasteiger partial charge in [-0.2, -0.15) is 0 Å². The molecule has 1 nitrogen and oxygen atoms in total. The molecule has 1 aromatic rings. The average Bonchev–Trinajstić information content (AvgIpc) is 1.96. The van der Waals surface area contributed by atoms with Gasteiger partial charge in [0.15, 0.2) is 0 Å². The Balaban J connectivity index is 3.10. The Morgan fingerprint density at radius 3 is 2.25 bits per heavy atom. The van der Waals surface area contributed by atoms with Crippen molar-refractivity contribution in [3.8, 4) is 5.75 Å². The summed E-state index contributed by atoms with van der Waals surface area (Å²) in [6, 6.07) is 4.08. The summed E-state index contributed by atoms with van der Waals surface area (Å²) in [5.74, 6) is 0.952. The van der Waals surface area contributed by atoms with E-state index >= 15 is 0 Å². The van der Waals surface area contributed by atoms with Crippen molar-refractivity contribution in [2.75, 3.05) is 6.61 Å². The van der Waals surface area contributed by atoms with Crippen LogP contribution in [-0.4, -0.2) is 6.61 Å². The van der Waals surface area contributed by atoms with Crippen LogP contribution >= 0.6 is 15.9 Å². The van der Waals surface area contributed by atoms with Crippen LogP contribution in [-0.2, 0) is 0 Å². The van der Waals surface area contributed by atoms with Crippen molar-refractivity contribution in [2.24, 2.45) is 0 Å². The predicted octanol–water partition coefficient (Wildman–Crippen LogP) is 3.28. The molecule has 65 valence electrons. The number of hydrogen-bond donors (Lipinski definition) is 0. The van der Waals surface area contributed by atoms with Crippen LogP contribution in [0.5, 0.6) is 5.75 Å². The minimum atomic E-state index is 0.476. The predicted molar refractivity (Wildman–Crippen MR) is 54.5 cm³/mol. The van der Waals surface area contributed by atoms with E-state index in [1.165, 1.54) is 0 Å². The monoisotopic (exact) mass is 227 g/mol. The normalized spacial score (nSPS) is 10.0. The van der Waals surface area contributed by atoms with E-state index < -0.39 is 0 Å². The van der Waals surface area contributed by atoms with Gasteiger partial charge in [0.25, 0.3) is 0 Å². The van der Waals surface area contributed by atoms with Crippen molar-refractivity contribution >= 4 is 15.9 Å². The minimum Gasteiger partial charge on any atom is -0.493 e. The maximum Gasteiger partial charge on any atom is 0.125 e. The fraction of sp³-hybridized carbons (Fsp3) is 0.300. The van der Waals surface area contributed by atoms with Crippen LogP contribution in [0.15, 0.2) is 16.6 Å². The van der Waals surface area contributed by atoms with E-state index in [-0.39, 0.29) is 0 Å². The Bertz CT molecular complexity index is 258. The highest BCUT2D eigenvalue weighted by atomic mass is 79.9. The molecule has 0 aromatic heterocycles. The number of ether oxygens (including phenoxy) is 1. The minimum absolute atomic E-state index is 0.476. The Kier molecular flexibility index (Phi) is 3.15. The second-order valence-corrected chi connectivity index (χ2v) is 3.63. The standard InChI is InChI=1S/C10H12BrO/c1-4-12-10-7(2)5-9(11)6-8(10)3/h5-6H,1,4H2,2-3H3. The fourth-order valence-electron chi connectivity index (χ4n) is 1.23. The zero-order valence-corrected chi connectivity index (χ0v) is 8.94. The number of rotatable bonds is 2. The van der Waals surface area contributed by atoms with Gasteiger partial charge < -0.3 is 4.74 Å². The third kappa shape index (κ3) is 2.01. The first-order valence-electron chi connectivity index (χ1n) is 3.84. The van der Waals surface area contributed by atoms with Crippen LogP contribution in [0.4, 0.5) is 0 Å². The molecule has 1 radical (unpaired) electrons. The van der Waals surface area contributed by atoms with Gasteiger partial charge in [0.05, 0.1) is 6.61 Å². The third-order valence-electron chi connectivity index (χ3n) is 1.67. The largest absolute Gasteiger partial charge is 0.493 e. The van der Waals surface area contributed by atoms with Crippen LogP contribution in [0.1, 0.15) is 11.1 Å². The molecular formula is C10H12BrO. The van der Waals surface area contributed by atoms with E-state index in [2.05, 4.69) is 22.9 Å². The summed E-state index contributed by atoms with van der Waals surface area (Å²) in [5, 5.41) is 0. The molecule has 0 unspecified atom stereocenters. The van der Waals surface area contributed by atoms with E-state index in [0.717, 1.165) is 21.3 Å². The molecule has 0 aliphatic rings. The lowest BCUT2D eigenvalue weighted by atomic mass is 10.1. The summed E-state index contributed by atoms with van der Waals surface area (Å²) in [7, 11) is 0. The Morgan fingerprint density at radius 1 is 1.33 bits per heavy atom. The molecular weight excluding hydrogens is 216 g/mol. The smallest absolute Gasteiger partial charge is 0.125 e. The van der Waals surface area contributed by atoms with E-state index in [9.17, 15) is 0 Å². The van der Waals surface area contributed by atoms with Crippen molar-refractivity contribution in [3.05, 3.63) is 34.7 Å². The quantitative estimate of drug-likeness (QED) is 0.754. The van der Waals surface area contributed by atoms with Crippen molar-refractivity contribution in [1.82, 2.24) is 0 Å². The number of hydrogen-bond acceptors (Lipinski definition) is 1. The second-order valence-electron chi connectivity index (χ2n) is 2.72. The maximum absolute atomic E-state index is 5.39. The Hall–Kier alpha value is -0.500. The van der Waals surface area contributed by atoms with Crippen molar-refractivity contribution in [1.29, 1.82) is 0 Å². The van der Waals surface area contributed by atoms with Crippen LogP contribution in [0.3, 0.4) is 0 Å². The molecule has 0 bridgehead atoms. The van der Waals surface area contributed by atoms with Gasteiger partial charge in [0.1, 0.15) is 5.75 Å². The van der Waals surface area contributed by atoms with E-state index in [1.54, 1.807) is 0 Å². The van der Waals surface area contributed by atoms with Gasteiger partial charge in [-0.05, 0) is 44.0 Å². The third-order valence-corrected chi connectivity index (χ3v) is 2.13.